The number of nitrogens with one attached hydrogen (secondary N) is 1. The average molecular weight is 247 g/mol. The third-order valence-corrected chi connectivity index (χ3v) is 3.29. The van der Waals surface area contributed by atoms with Gasteiger partial charge in [-0.15, -0.1) is 11.3 Å². The Balaban J connectivity index is 1.85. The number of hydrogen-bond acceptors (Lipinski definition) is 4. The summed E-state index contributed by atoms with van der Waals surface area (Å²) in [5, 5.41) is 2.84. The van der Waals surface area contributed by atoms with Crippen LogP contribution in [-0.4, -0.2) is 15.9 Å². The Morgan fingerprint density at radius 1 is 1.41 bits per heavy atom. The summed E-state index contributed by atoms with van der Waals surface area (Å²) in [7, 11) is 0. The molecule has 0 spiro atoms. The average Bonchev–Trinajstić information content (AvgIpc) is 2.74. The van der Waals surface area contributed by atoms with Crippen LogP contribution in [0.5, 0.6) is 0 Å². The number of amides is 1. The molecule has 88 valence electrons. The molecule has 2 heterocycles. The van der Waals surface area contributed by atoms with E-state index >= 15 is 0 Å². The smallest absolute Gasteiger partial charge is 0.225 e. The molecule has 0 aromatic carbocycles. The summed E-state index contributed by atoms with van der Waals surface area (Å²) in [5.74, 6) is 0.00278. The van der Waals surface area contributed by atoms with E-state index in [1.54, 1.807) is 11.7 Å². The van der Waals surface area contributed by atoms with Gasteiger partial charge in [0.15, 0.2) is 0 Å². The molecule has 5 heteroatoms. The van der Waals surface area contributed by atoms with Crippen molar-refractivity contribution in [2.75, 3.05) is 0 Å². The molecule has 1 amide bonds. The van der Waals surface area contributed by atoms with E-state index in [1.807, 2.05) is 25.1 Å². The maximum absolute atomic E-state index is 11.7. The minimum absolute atomic E-state index is 0.00278. The van der Waals surface area contributed by atoms with E-state index < -0.39 is 0 Å². The van der Waals surface area contributed by atoms with E-state index in [1.165, 1.54) is 11.3 Å². The number of rotatable bonds is 4. The number of pyridine rings is 1. The van der Waals surface area contributed by atoms with E-state index in [9.17, 15) is 4.79 Å². The fourth-order valence-electron chi connectivity index (χ4n) is 1.40. The zero-order valence-corrected chi connectivity index (χ0v) is 10.3. The molecule has 0 saturated carbocycles. The van der Waals surface area contributed by atoms with E-state index in [0.717, 1.165) is 16.3 Å². The van der Waals surface area contributed by atoms with Gasteiger partial charge in [-0.25, -0.2) is 4.98 Å². The van der Waals surface area contributed by atoms with E-state index in [0.29, 0.717) is 13.0 Å². The minimum atomic E-state index is 0.00278. The van der Waals surface area contributed by atoms with Gasteiger partial charge in [-0.2, -0.15) is 0 Å². The maximum atomic E-state index is 11.7. The molecule has 0 fully saturated rings. The van der Waals surface area contributed by atoms with Gasteiger partial charge in [0, 0.05) is 11.1 Å². The van der Waals surface area contributed by atoms with Crippen LogP contribution in [0.4, 0.5) is 0 Å². The largest absolute Gasteiger partial charge is 0.350 e. The Hall–Kier alpha value is -1.75. The monoisotopic (exact) mass is 247 g/mol. The number of aryl methyl sites for hydroxylation is 1. The van der Waals surface area contributed by atoms with E-state index in [4.69, 9.17) is 0 Å². The number of hydrogen-bond donors (Lipinski definition) is 1. The van der Waals surface area contributed by atoms with E-state index in [-0.39, 0.29) is 5.91 Å². The van der Waals surface area contributed by atoms with Crippen molar-refractivity contribution in [3.05, 3.63) is 46.2 Å². The van der Waals surface area contributed by atoms with Gasteiger partial charge in [-0.3, -0.25) is 9.78 Å². The van der Waals surface area contributed by atoms with E-state index in [2.05, 4.69) is 15.3 Å². The third kappa shape index (κ3) is 3.35. The van der Waals surface area contributed by atoms with Crippen LogP contribution in [0.15, 0.2) is 29.9 Å². The highest BCUT2D eigenvalue weighted by atomic mass is 32.1. The minimum Gasteiger partial charge on any atom is -0.350 e. The van der Waals surface area contributed by atoms with Gasteiger partial charge in [0.2, 0.25) is 5.91 Å². The molecular weight excluding hydrogens is 234 g/mol. The summed E-state index contributed by atoms with van der Waals surface area (Å²) in [5.41, 5.74) is 3.56. The van der Waals surface area contributed by atoms with Crippen molar-refractivity contribution >= 4 is 17.2 Å². The number of carbonyl (C=O) groups is 1. The van der Waals surface area contributed by atoms with Crippen molar-refractivity contribution in [2.45, 2.75) is 19.9 Å². The summed E-state index contributed by atoms with van der Waals surface area (Å²) in [6.07, 6.45) is 2.11. The molecular formula is C12H13N3OS. The van der Waals surface area contributed by atoms with Crippen molar-refractivity contribution < 1.29 is 4.79 Å². The van der Waals surface area contributed by atoms with Crippen LogP contribution in [0.3, 0.4) is 0 Å². The first-order valence-electron chi connectivity index (χ1n) is 5.31. The van der Waals surface area contributed by atoms with Crippen LogP contribution < -0.4 is 5.32 Å². The number of aromatic nitrogens is 2. The lowest BCUT2D eigenvalue weighted by molar-refractivity contribution is -0.120. The summed E-state index contributed by atoms with van der Waals surface area (Å²) in [6.45, 7) is 2.38. The molecule has 0 aliphatic heterocycles. The number of nitrogens with zero attached hydrogens (tertiary/aromatic N) is 2. The van der Waals surface area contributed by atoms with Gasteiger partial charge in [-0.1, -0.05) is 6.07 Å². The molecule has 2 aromatic rings. The van der Waals surface area contributed by atoms with Crippen LogP contribution in [0.25, 0.3) is 0 Å². The fourth-order valence-corrected chi connectivity index (χ4v) is 2.17. The Morgan fingerprint density at radius 3 is 2.94 bits per heavy atom. The van der Waals surface area contributed by atoms with Gasteiger partial charge in [0.1, 0.15) is 0 Å². The lowest BCUT2D eigenvalue weighted by Gasteiger charge is -2.03. The highest BCUT2D eigenvalue weighted by Crippen LogP contribution is 2.12. The van der Waals surface area contributed by atoms with Crippen LogP contribution in [0.2, 0.25) is 0 Å². The first-order valence-corrected chi connectivity index (χ1v) is 6.19. The van der Waals surface area contributed by atoms with Crippen molar-refractivity contribution in [1.82, 2.24) is 15.3 Å². The topological polar surface area (TPSA) is 54.9 Å². The first-order chi connectivity index (χ1) is 8.25. The van der Waals surface area contributed by atoms with Gasteiger partial charge in [0.25, 0.3) is 0 Å². The number of thiazole rings is 1. The van der Waals surface area contributed by atoms with Crippen molar-refractivity contribution in [3.63, 3.8) is 0 Å². The lowest BCUT2D eigenvalue weighted by atomic mass is 10.3. The summed E-state index contributed by atoms with van der Waals surface area (Å²) in [6, 6.07) is 5.64. The quantitative estimate of drug-likeness (QED) is 0.894. The zero-order chi connectivity index (χ0) is 12.1. The maximum Gasteiger partial charge on any atom is 0.225 e. The van der Waals surface area contributed by atoms with Gasteiger partial charge in [-0.05, 0) is 19.1 Å². The highest BCUT2D eigenvalue weighted by molar-refractivity contribution is 7.09. The van der Waals surface area contributed by atoms with Crippen LogP contribution in [0, 0.1) is 6.92 Å². The molecule has 0 radical (unpaired) electrons. The second-order valence-corrected chi connectivity index (χ2v) is 4.57. The highest BCUT2D eigenvalue weighted by Gasteiger charge is 2.07. The second-order valence-electron chi connectivity index (χ2n) is 3.64. The normalized spacial score (nSPS) is 10.2. The molecule has 0 unspecified atom stereocenters. The summed E-state index contributed by atoms with van der Waals surface area (Å²) in [4.78, 5) is 20.9. The van der Waals surface area contributed by atoms with Gasteiger partial charge < -0.3 is 5.32 Å². The number of carbonyl (C=O) groups excluding carboxylic acids is 1. The Labute approximate surface area is 104 Å². The molecule has 0 atom stereocenters. The molecule has 0 bridgehead atoms. The van der Waals surface area contributed by atoms with Gasteiger partial charge in [0.05, 0.1) is 29.9 Å². The predicted molar refractivity (Wildman–Crippen MR) is 66.6 cm³/mol. The van der Waals surface area contributed by atoms with Crippen molar-refractivity contribution in [2.24, 2.45) is 0 Å². The molecule has 0 saturated heterocycles. The molecule has 17 heavy (non-hydrogen) atoms. The summed E-state index contributed by atoms with van der Waals surface area (Å²) >= 11 is 1.51. The molecule has 1 N–H and O–H groups in total. The van der Waals surface area contributed by atoms with Crippen LogP contribution in [0.1, 0.15) is 16.3 Å². The molecule has 2 aromatic heterocycles. The molecule has 0 aliphatic carbocycles. The predicted octanol–water partition coefficient (Wildman–Crippen LogP) is 1.71. The van der Waals surface area contributed by atoms with Crippen molar-refractivity contribution in [3.8, 4) is 0 Å². The Bertz CT molecular complexity index is 495. The van der Waals surface area contributed by atoms with Crippen LogP contribution in [-0.2, 0) is 17.8 Å². The third-order valence-electron chi connectivity index (χ3n) is 2.36. The van der Waals surface area contributed by atoms with Crippen LogP contribution >= 0.6 is 11.3 Å². The molecule has 0 aliphatic rings. The molecule has 2 rings (SSSR count). The van der Waals surface area contributed by atoms with Gasteiger partial charge >= 0.3 is 0 Å². The SMILES string of the molecule is Cc1ncsc1CC(=O)NCc1ccccn1. The van der Waals surface area contributed by atoms with Crippen molar-refractivity contribution in [1.29, 1.82) is 0 Å². The fraction of sp³-hybridized carbons (Fsp3) is 0.250. The second kappa shape index (κ2) is 5.54. The standard InChI is InChI=1S/C12H13N3OS/c1-9-11(17-8-15-9)6-12(16)14-7-10-4-2-3-5-13-10/h2-5,8H,6-7H2,1H3,(H,14,16). The Morgan fingerprint density at radius 2 is 2.29 bits per heavy atom. The first kappa shape index (κ1) is 11.7. The summed E-state index contributed by atoms with van der Waals surface area (Å²) < 4.78 is 0. The lowest BCUT2D eigenvalue weighted by Crippen LogP contribution is -2.24. The Kier molecular flexibility index (Phi) is 3.82. The molecule has 4 nitrogen and oxygen atoms in total. The zero-order valence-electron chi connectivity index (χ0n) is 9.51.